The molecule has 1 N–H and O–H groups in total. The smallest absolute Gasteiger partial charge is 0.158 e. The van der Waals surface area contributed by atoms with Gasteiger partial charge in [0.05, 0.1) is 23.2 Å². The lowest BCUT2D eigenvalue weighted by molar-refractivity contribution is -0.123. The van der Waals surface area contributed by atoms with Crippen molar-refractivity contribution in [1.82, 2.24) is 15.1 Å². The van der Waals surface area contributed by atoms with E-state index in [1.165, 1.54) is 0 Å². The van der Waals surface area contributed by atoms with Crippen molar-refractivity contribution < 1.29 is 4.79 Å². The minimum Gasteiger partial charge on any atom is -0.308 e. The van der Waals surface area contributed by atoms with Crippen molar-refractivity contribution in [2.45, 2.75) is 25.8 Å². The highest BCUT2D eigenvalue weighted by Gasteiger charge is 2.26. The van der Waals surface area contributed by atoms with Crippen LogP contribution >= 0.6 is 0 Å². The van der Waals surface area contributed by atoms with E-state index in [1.807, 2.05) is 49.8 Å². The summed E-state index contributed by atoms with van der Waals surface area (Å²) in [5.41, 5.74) is 1.39. The Hall–Kier alpha value is -1.68. The Balaban J connectivity index is 2.36. The molecule has 2 rings (SSSR count). The second-order valence-corrected chi connectivity index (χ2v) is 5.06. The lowest BCUT2D eigenvalue weighted by Gasteiger charge is -2.21. The number of Topliss-reactive ketones (excluding diaryl/α,β-unsaturated/α-hetero) is 1. The van der Waals surface area contributed by atoms with Crippen LogP contribution in [0.3, 0.4) is 0 Å². The third kappa shape index (κ3) is 2.16. The fourth-order valence-corrected chi connectivity index (χ4v) is 1.93. The first-order valence-electron chi connectivity index (χ1n) is 6.08. The van der Waals surface area contributed by atoms with Crippen LogP contribution in [0.4, 0.5) is 0 Å². The number of carbonyl (C=O) groups excluding carboxylic acids is 1. The molecule has 0 saturated carbocycles. The van der Waals surface area contributed by atoms with Crippen LogP contribution in [0.25, 0.3) is 10.9 Å². The van der Waals surface area contributed by atoms with Gasteiger partial charge in [0.1, 0.15) is 0 Å². The topological polar surface area (TPSA) is 46.9 Å². The number of benzene rings is 1. The molecule has 0 bridgehead atoms. The third-order valence-corrected chi connectivity index (χ3v) is 3.48. The van der Waals surface area contributed by atoms with Crippen LogP contribution in [-0.2, 0) is 18.3 Å². The summed E-state index contributed by atoms with van der Waals surface area (Å²) in [6, 6.07) is 7.98. The molecule has 0 fully saturated rings. The van der Waals surface area contributed by atoms with E-state index in [0.717, 1.165) is 16.6 Å². The van der Waals surface area contributed by atoms with Crippen LogP contribution in [-0.4, -0.2) is 28.2 Å². The molecule has 0 saturated heterocycles. The molecule has 0 aliphatic carbocycles. The SMILES string of the molecule is CNC(C)(C)C(=O)Cc1nn(C)c2ccccc12. The number of likely N-dealkylation sites (N-methyl/N-ethyl adjacent to an activating group) is 1. The molecule has 1 aromatic carbocycles. The summed E-state index contributed by atoms with van der Waals surface area (Å²) in [4.78, 5) is 12.2. The van der Waals surface area contributed by atoms with E-state index < -0.39 is 5.54 Å². The molecule has 0 amide bonds. The Kier molecular flexibility index (Phi) is 3.22. The number of aryl methyl sites for hydroxylation is 1. The van der Waals surface area contributed by atoms with Gasteiger partial charge in [-0.15, -0.1) is 0 Å². The zero-order valence-electron chi connectivity index (χ0n) is 11.3. The van der Waals surface area contributed by atoms with Crippen molar-refractivity contribution in [3.05, 3.63) is 30.0 Å². The van der Waals surface area contributed by atoms with E-state index in [0.29, 0.717) is 6.42 Å². The highest BCUT2D eigenvalue weighted by Crippen LogP contribution is 2.19. The Morgan fingerprint density at radius 2 is 2.06 bits per heavy atom. The molecule has 0 atom stereocenters. The fraction of sp³-hybridized carbons (Fsp3) is 0.429. The Morgan fingerprint density at radius 1 is 1.39 bits per heavy atom. The molecule has 18 heavy (non-hydrogen) atoms. The zero-order chi connectivity index (χ0) is 13.3. The predicted octanol–water partition coefficient (Wildman–Crippen LogP) is 1.68. The first-order valence-corrected chi connectivity index (χ1v) is 6.08. The Bertz CT molecular complexity index is 584. The van der Waals surface area contributed by atoms with E-state index >= 15 is 0 Å². The second kappa shape index (κ2) is 4.53. The molecule has 1 aromatic heterocycles. The molecule has 4 nitrogen and oxygen atoms in total. The van der Waals surface area contributed by atoms with E-state index in [2.05, 4.69) is 10.4 Å². The number of para-hydroxylation sites is 1. The van der Waals surface area contributed by atoms with Crippen molar-refractivity contribution in [3.63, 3.8) is 0 Å². The lowest BCUT2D eigenvalue weighted by Crippen LogP contribution is -2.45. The van der Waals surface area contributed by atoms with Crippen LogP contribution < -0.4 is 5.32 Å². The van der Waals surface area contributed by atoms with Gasteiger partial charge in [-0.3, -0.25) is 9.48 Å². The van der Waals surface area contributed by atoms with Gasteiger partial charge in [0.15, 0.2) is 5.78 Å². The van der Waals surface area contributed by atoms with Gasteiger partial charge >= 0.3 is 0 Å². The van der Waals surface area contributed by atoms with Crippen molar-refractivity contribution in [2.75, 3.05) is 7.05 Å². The number of nitrogens with zero attached hydrogens (tertiary/aromatic N) is 2. The van der Waals surface area contributed by atoms with Gasteiger partial charge in [0, 0.05) is 12.4 Å². The maximum Gasteiger partial charge on any atom is 0.158 e. The van der Waals surface area contributed by atoms with Crippen LogP contribution in [0.5, 0.6) is 0 Å². The second-order valence-electron chi connectivity index (χ2n) is 5.06. The van der Waals surface area contributed by atoms with Gasteiger partial charge in [-0.25, -0.2) is 0 Å². The standard InChI is InChI=1S/C14H19N3O/c1-14(2,15-3)13(18)9-11-10-7-5-6-8-12(10)17(4)16-11/h5-8,15H,9H2,1-4H3. The third-order valence-electron chi connectivity index (χ3n) is 3.48. The zero-order valence-corrected chi connectivity index (χ0v) is 11.3. The number of hydrogen-bond donors (Lipinski definition) is 1. The van der Waals surface area contributed by atoms with E-state index in [1.54, 1.807) is 7.05 Å². The van der Waals surface area contributed by atoms with Crippen LogP contribution in [0, 0.1) is 0 Å². The molecule has 0 aliphatic rings. The van der Waals surface area contributed by atoms with Gasteiger partial charge < -0.3 is 5.32 Å². The average Bonchev–Trinajstić information content (AvgIpc) is 2.67. The summed E-state index contributed by atoms with van der Waals surface area (Å²) in [5, 5.41) is 8.53. The van der Waals surface area contributed by atoms with Gasteiger partial charge in [-0.05, 0) is 27.0 Å². The Morgan fingerprint density at radius 3 is 2.72 bits per heavy atom. The maximum absolute atomic E-state index is 12.2. The molecule has 2 aromatic rings. The summed E-state index contributed by atoms with van der Waals surface area (Å²) in [6.07, 6.45) is 0.356. The minimum absolute atomic E-state index is 0.147. The summed E-state index contributed by atoms with van der Waals surface area (Å²) < 4.78 is 1.82. The number of rotatable bonds is 4. The summed E-state index contributed by atoms with van der Waals surface area (Å²) in [5.74, 6) is 0.147. The first kappa shape index (κ1) is 12.8. The van der Waals surface area contributed by atoms with Crippen LogP contribution in [0.1, 0.15) is 19.5 Å². The van der Waals surface area contributed by atoms with Crippen molar-refractivity contribution in [3.8, 4) is 0 Å². The van der Waals surface area contributed by atoms with Gasteiger partial charge in [0.25, 0.3) is 0 Å². The van der Waals surface area contributed by atoms with Gasteiger partial charge in [-0.1, -0.05) is 18.2 Å². The van der Waals surface area contributed by atoms with Crippen LogP contribution in [0.2, 0.25) is 0 Å². The summed E-state index contributed by atoms with van der Waals surface area (Å²) in [7, 11) is 3.70. The van der Waals surface area contributed by atoms with Gasteiger partial charge in [0.2, 0.25) is 0 Å². The highest BCUT2D eigenvalue weighted by atomic mass is 16.1. The van der Waals surface area contributed by atoms with Crippen LogP contribution in [0.15, 0.2) is 24.3 Å². The summed E-state index contributed by atoms with van der Waals surface area (Å²) in [6.45, 7) is 3.78. The first-order chi connectivity index (χ1) is 8.45. The number of hydrogen-bond acceptors (Lipinski definition) is 3. The number of carbonyl (C=O) groups is 1. The molecule has 0 spiro atoms. The van der Waals surface area contributed by atoms with Crippen molar-refractivity contribution in [1.29, 1.82) is 0 Å². The number of nitrogens with one attached hydrogen (secondary N) is 1. The summed E-state index contributed by atoms with van der Waals surface area (Å²) >= 11 is 0. The van der Waals surface area contributed by atoms with Crippen molar-refractivity contribution in [2.24, 2.45) is 7.05 Å². The molecule has 0 radical (unpaired) electrons. The van der Waals surface area contributed by atoms with Gasteiger partial charge in [-0.2, -0.15) is 5.10 Å². The molecule has 4 heteroatoms. The van der Waals surface area contributed by atoms with E-state index in [9.17, 15) is 4.79 Å². The number of ketones is 1. The number of fused-ring (bicyclic) bond motifs is 1. The molecule has 96 valence electrons. The molecular weight excluding hydrogens is 226 g/mol. The monoisotopic (exact) mass is 245 g/mol. The normalized spacial score (nSPS) is 12.0. The maximum atomic E-state index is 12.2. The molecule has 0 aliphatic heterocycles. The largest absolute Gasteiger partial charge is 0.308 e. The number of aromatic nitrogens is 2. The fourth-order valence-electron chi connectivity index (χ4n) is 1.93. The highest BCUT2D eigenvalue weighted by molar-refractivity contribution is 5.93. The molecule has 1 heterocycles. The van der Waals surface area contributed by atoms with E-state index in [-0.39, 0.29) is 5.78 Å². The Labute approximate surface area is 107 Å². The predicted molar refractivity (Wildman–Crippen MR) is 72.6 cm³/mol. The van der Waals surface area contributed by atoms with Crippen molar-refractivity contribution >= 4 is 16.7 Å². The molecular formula is C14H19N3O. The lowest BCUT2D eigenvalue weighted by atomic mass is 9.95. The molecule has 0 unspecified atom stereocenters. The van der Waals surface area contributed by atoms with E-state index in [4.69, 9.17) is 0 Å². The average molecular weight is 245 g/mol. The minimum atomic E-state index is -0.515. The quantitative estimate of drug-likeness (QED) is 0.891.